The van der Waals surface area contributed by atoms with Gasteiger partial charge in [0.25, 0.3) is 0 Å². The molecule has 0 aromatic heterocycles. The summed E-state index contributed by atoms with van der Waals surface area (Å²) in [5.41, 5.74) is -0.641. The van der Waals surface area contributed by atoms with Gasteiger partial charge in [0.1, 0.15) is 23.4 Å². The van der Waals surface area contributed by atoms with Crippen LogP contribution in [0.3, 0.4) is 0 Å². The topological polar surface area (TPSA) is 154 Å². The Morgan fingerprint density at radius 1 is 1.17 bits per heavy atom. The van der Waals surface area contributed by atoms with Crippen LogP contribution in [0.4, 0.5) is 4.79 Å². The first kappa shape index (κ1) is 28.9. The van der Waals surface area contributed by atoms with Crippen molar-refractivity contribution in [2.75, 3.05) is 19.8 Å². The molecule has 1 aromatic carbocycles. The molecule has 1 saturated carbocycles. The quantitative estimate of drug-likeness (QED) is 0.330. The zero-order valence-electron chi connectivity index (χ0n) is 21.3. The summed E-state index contributed by atoms with van der Waals surface area (Å²) in [6, 6.07) is 3.15. The Morgan fingerprint density at radius 2 is 1.83 bits per heavy atom. The number of carbonyl (C=O) groups excluding carboxylic acids is 4. The molecule has 1 aliphatic rings. The second-order valence-corrected chi connectivity index (χ2v) is 9.52. The van der Waals surface area contributed by atoms with Crippen molar-refractivity contribution in [2.24, 2.45) is 0 Å². The number of nitrogens with zero attached hydrogens (tertiary/aromatic N) is 1. The van der Waals surface area contributed by atoms with Gasteiger partial charge < -0.3 is 35.2 Å². The Bertz CT molecular complexity index is 926. The number of alkyl carbamates (subject to hydrolysis) is 1. The first-order chi connectivity index (χ1) is 17.0. The highest BCUT2D eigenvalue weighted by Gasteiger charge is 2.42. The van der Waals surface area contributed by atoms with Crippen LogP contribution < -0.4 is 10.6 Å². The molecule has 1 aliphatic carbocycles. The van der Waals surface area contributed by atoms with Gasteiger partial charge in [0, 0.05) is 18.2 Å². The lowest BCUT2D eigenvalue weighted by Gasteiger charge is -2.43. The third-order valence-electron chi connectivity index (χ3n) is 5.59. The minimum atomic E-state index is -1.37. The largest absolute Gasteiger partial charge is 0.508 e. The van der Waals surface area contributed by atoms with Crippen molar-refractivity contribution in [1.82, 2.24) is 15.5 Å². The number of aliphatic hydroxyl groups is 1. The zero-order chi connectivity index (χ0) is 26.9. The van der Waals surface area contributed by atoms with Crippen LogP contribution in [0.15, 0.2) is 24.3 Å². The highest BCUT2D eigenvalue weighted by atomic mass is 16.6. The van der Waals surface area contributed by atoms with Crippen molar-refractivity contribution in [2.45, 2.75) is 77.1 Å². The first-order valence-electron chi connectivity index (χ1n) is 12.1. The third-order valence-corrected chi connectivity index (χ3v) is 5.59. The van der Waals surface area contributed by atoms with Crippen molar-refractivity contribution >= 4 is 23.9 Å². The molecule has 0 spiro atoms. The molecule has 2 unspecified atom stereocenters. The highest BCUT2D eigenvalue weighted by Crippen LogP contribution is 2.36. The lowest BCUT2D eigenvalue weighted by Crippen LogP contribution is -2.58. The minimum Gasteiger partial charge on any atom is -0.508 e. The van der Waals surface area contributed by atoms with E-state index in [9.17, 15) is 29.4 Å². The van der Waals surface area contributed by atoms with Gasteiger partial charge >= 0.3 is 12.1 Å². The third kappa shape index (κ3) is 8.11. The Morgan fingerprint density at radius 3 is 2.36 bits per heavy atom. The summed E-state index contributed by atoms with van der Waals surface area (Å²) in [5, 5.41) is 25.5. The zero-order valence-corrected chi connectivity index (χ0v) is 21.3. The van der Waals surface area contributed by atoms with Crippen molar-refractivity contribution in [3.8, 4) is 5.75 Å². The van der Waals surface area contributed by atoms with Crippen LogP contribution in [-0.4, -0.2) is 76.4 Å². The molecule has 36 heavy (non-hydrogen) atoms. The number of nitrogens with one attached hydrogen (secondary N) is 2. The molecular formula is C25H37N3O8. The van der Waals surface area contributed by atoms with Crippen molar-refractivity contribution < 1.29 is 38.9 Å². The number of hydrogen-bond acceptors (Lipinski definition) is 8. The first-order valence-corrected chi connectivity index (χ1v) is 12.1. The van der Waals surface area contributed by atoms with Gasteiger partial charge in [-0.15, -0.1) is 0 Å². The van der Waals surface area contributed by atoms with Crippen LogP contribution in [0.1, 0.15) is 65.0 Å². The minimum absolute atomic E-state index is 0.0337. The lowest BCUT2D eigenvalue weighted by atomic mass is 9.88. The Hall–Kier alpha value is -3.34. The van der Waals surface area contributed by atoms with E-state index >= 15 is 0 Å². The fourth-order valence-corrected chi connectivity index (χ4v) is 3.75. The van der Waals surface area contributed by atoms with Crippen molar-refractivity contribution in [1.29, 1.82) is 0 Å². The highest BCUT2D eigenvalue weighted by molar-refractivity contribution is 5.93. The number of rotatable bonds is 11. The maximum Gasteiger partial charge on any atom is 0.408 e. The smallest absolute Gasteiger partial charge is 0.408 e. The maximum atomic E-state index is 13.7. The molecule has 1 fully saturated rings. The van der Waals surface area contributed by atoms with Gasteiger partial charge in [-0.05, 0) is 53.0 Å². The van der Waals surface area contributed by atoms with E-state index in [2.05, 4.69) is 10.6 Å². The number of aliphatic hydroxyl groups excluding tert-OH is 1. The number of aromatic hydroxyl groups is 1. The number of phenols is 1. The van der Waals surface area contributed by atoms with E-state index in [-0.39, 0.29) is 36.9 Å². The van der Waals surface area contributed by atoms with E-state index in [0.29, 0.717) is 12.8 Å². The molecular weight excluding hydrogens is 470 g/mol. The second-order valence-electron chi connectivity index (χ2n) is 9.52. The molecule has 2 rings (SSSR count). The molecule has 0 heterocycles. The van der Waals surface area contributed by atoms with Crippen molar-refractivity contribution in [3.05, 3.63) is 29.8 Å². The van der Waals surface area contributed by atoms with Crippen LogP contribution in [0, 0.1) is 0 Å². The number of benzene rings is 1. The molecule has 1 aromatic rings. The molecule has 2 atom stereocenters. The number of phenolic OH excluding ortho intramolecular Hbond substituents is 1. The van der Waals surface area contributed by atoms with E-state index in [1.807, 2.05) is 0 Å². The van der Waals surface area contributed by atoms with E-state index in [4.69, 9.17) is 9.47 Å². The van der Waals surface area contributed by atoms with Gasteiger partial charge in [0.2, 0.25) is 11.8 Å². The average molecular weight is 508 g/mol. The van der Waals surface area contributed by atoms with Crippen LogP contribution in [0.2, 0.25) is 0 Å². The van der Waals surface area contributed by atoms with Crippen LogP contribution in [-0.2, 0) is 23.9 Å². The van der Waals surface area contributed by atoms with Gasteiger partial charge in [-0.1, -0.05) is 18.2 Å². The maximum absolute atomic E-state index is 13.7. The number of esters is 1. The van der Waals surface area contributed by atoms with Gasteiger partial charge in [0.15, 0.2) is 0 Å². The fraction of sp³-hybridized carbons (Fsp3) is 0.600. The van der Waals surface area contributed by atoms with Crippen LogP contribution in [0.5, 0.6) is 5.75 Å². The average Bonchev–Trinajstić information content (AvgIpc) is 2.75. The van der Waals surface area contributed by atoms with E-state index < -0.39 is 48.2 Å². The Balaban J connectivity index is 2.36. The summed E-state index contributed by atoms with van der Waals surface area (Å²) in [7, 11) is 0. The predicted octanol–water partition coefficient (Wildman–Crippen LogP) is 1.77. The number of para-hydroxylation sites is 1. The van der Waals surface area contributed by atoms with Crippen LogP contribution >= 0.6 is 0 Å². The summed E-state index contributed by atoms with van der Waals surface area (Å²) in [6.07, 6.45) is 1.09. The molecule has 11 nitrogen and oxygen atoms in total. The molecule has 4 N–H and O–H groups in total. The normalized spacial score (nSPS) is 15.1. The second kappa shape index (κ2) is 13.1. The summed E-state index contributed by atoms with van der Waals surface area (Å²) in [6.45, 7) is 6.13. The fourth-order valence-electron chi connectivity index (χ4n) is 3.75. The van der Waals surface area contributed by atoms with Gasteiger partial charge in [-0.3, -0.25) is 14.4 Å². The molecule has 0 bridgehead atoms. The van der Waals surface area contributed by atoms with Crippen molar-refractivity contribution in [3.63, 3.8) is 0 Å². The molecule has 0 radical (unpaired) electrons. The summed E-state index contributed by atoms with van der Waals surface area (Å²) < 4.78 is 10.1. The molecule has 11 heteroatoms. The summed E-state index contributed by atoms with van der Waals surface area (Å²) in [4.78, 5) is 52.4. The van der Waals surface area contributed by atoms with E-state index in [1.54, 1.807) is 39.8 Å². The molecule has 0 saturated heterocycles. The Kier molecular flexibility index (Phi) is 10.5. The molecule has 0 aliphatic heterocycles. The molecule has 3 amide bonds. The number of amides is 3. The van der Waals surface area contributed by atoms with Gasteiger partial charge in [0.05, 0.1) is 19.6 Å². The van der Waals surface area contributed by atoms with E-state index in [1.165, 1.54) is 17.0 Å². The standard InChI is InChI=1S/C25H37N3O8/c1-5-35-20(31)13-14-26-22(32)21(17-11-6-7-12-19(17)30)28(16-9-8-10-16)23(33)18(15-29)27-24(34)36-25(2,3)4/h6-7,11-12,16,18,21,29-30H,5,8-10,13-15H2,1-4H3,(H,26,32)(H,27,34). The number of carbonyl (C=O) groups is 4. The monoisotopic (exact) mass is 507 g/mol. The lowest BCUT2D eigenvalue weighted by molar-refractivity contribution is -0.148. The molecule has 200 valence electrons. The summed E-state index contributed by atoms with van der Waals surface area (Å²) in [5.74, 6) is -1.98. The SMILES string of the molecule is CCOC(=O)CCNC(=O)C(c1ccccc1O)N(C(=O)C(CO)NC(=O)OC(C)(C)C)C1CCC1. The Labute approximate surface area is 211 Å². The van der Waals surface area contributed by atoms with Crippen LogP contribution in [0.25, 0.3) is 0 Å². The number of ether oxygens (including phenoxy) is 2. The number of hydrogen-bond donors (Lipinski definition) is 4. The van der Waals surface area contributed by atoms with E-state index in [0.717, 1.165) is 6.42 Å². The summed E-state index contributed by atoms with van der Waals surface area (Å²) >= 11 is 0. The van der Waals surface area contributed by atoms with Gasteiger partial charge in [-0.25, -0.2) is 4.79 Å². The predicted molar refractivity (Wildman–Crippen MR) is 130 cm³/mol. The van der Waals surface area contributed by atoms with Gasteiger partial charge in [-0.2, -0.15) is 0 Å².